The number of fused-ring (bicyclic) bond motifs is 1. The minimum Gasteiger partial charge on any atom is -0.439 e. The third kappa shape index (κ3) is 2.51. The Morgan fingerprint density at radius 2 is 2.10 bits per heavy atom. The Kier molecular flexibility index (Phi) is 3.20. The first kappa shape index (κ1) is 13.0. The summed E-state index contributed by atoms with van der Waals surface area (Å²) in [5, 5.41) is 9.15. The van der Waals surface area contributed by atoms with Crippen molar-refractivity contribution in [1.82, 2.24) is 4.98 Å². The van der Waals surface area contributed by atoms with Crippen molar-refractivity contribution in [3.05, 3.63) is 53.9 Å². The molecule has 0 amide bonds. The van der Waals surface area contributed by atoms with Crippen LogP contribution in [0.5, 0.6) is 0 Å². The lowest BCUT2D eigenvalue weighted by atomic mass is 10.2. The fourth-order valence-corrected chi connectivity index (χ4v) is 2.25. The van der Waals surface area contributed by atoms with E-state index in [0.717, 1.165) is 11.2 Å². The van der Waals surface area contributed by atoms with Crippen LogP contribution in [0.25, 0.3) is 11.1 Å². The zero-order chi connectivity index (χ0) is 14.8. The van der Waals surface area contributed by atoms with E-state index >= 15 is 0 Å². The van der Waals surface area contributed by atoms with Crippen molar-refractivity contribution in [1.29, 1.82) is 5.26 Å². The molecule has 0 bridgehead atoms. The highest BCUT2D eigenvalue weighted by atomic mass is 16.3. The van der Waals surface area contributed by atoms with E-state index in [1.807, 2.05) is 36.2 Å². The highest BCUT2D eigenvalue weighted by Gasteiger charge is 2.11. The largest absolute Gasteiger partial charge is 0.439 e. The van der Waals surface area contributed by atoms with Crippen LogP contribution < -0.4 is 10.6 Å². The standard InChI is InChI=1S/C16H14N4O/c1-20(14-5-3-2-4-11(14)9-17)10-16-19-13-8-12(18)6-7-15(13)21-16/h2-8H,10,18H2,1H3. The van der Waals surface area contributed by atoms with Crippen LogP contribution >= 0.6 is 0 Å². The van der Waals surface area contributed by atoms with Gasteiger partial charge in [-0.05, 0) is 30.3 Å². The summed E-state index contributed by atoms with van der Waals surface area (Å²) in [6, 6.07) is 15.0. The van der Waals surface area contributed by atoms with Crippen LogP contribution in [0.15, 0.2) is 46.9 Å². The summed E-state index contributed by atoms with van der Waals surface area (Å²) in [6.07, 6.45) is 0. The molecule has 5 heteroatoms. The van der Waals surface area contributed by atoms with Gasteiger partial charge in [-0.3, -0.25) is 0 Å². The monoisotopic (exact) mass is 278 g/mol. The topological polar surface area (TPSA) is 79.1 Å². The van der Waals surface area contributed by atoms with E-state index in [1.165, 1.54) is 0 Å². The van der Waals surface area contributed by atoms with Crippen molar-refractivity contribution in [3.63, 3.8) is 0 Å². The first-order valence-electron chi connectivity index (χ1n) is 6.52. The molecule has 0 aliphatic heterocycles. The van der Waals surface area contributed by atoms with Crippen LogP contribution in [0, 0.1) is 11.3 Å². The van der Waals surface area contributed by atoms with Gasteiger partial charge in [0, 0.05) is 12.7 Å². The Bertz CT molecular complexity index is 832. The maximum absolute atomic E-state index is 9.15. The number of nitrogens with two attached hydrogens (primary N) is 1. The average molecular weight is 278 g/mol. The summed E-state index contributed by atoms with van der Waals surface area (Å²) in [5.41, 5.74) is 9.32. The second-order valence-electron chi connectivity index (χ2n) is 4.82. The summed E-state index contributed by atoms with van der Waals surface area (Å²) in [6.45, 7) is 0.479. The molecule has 2 aromatic carbocycles. The molecular weight excluding hydrogens is 264 g/mol. The van der Waals surface area contributed by atoms with Gasteiger partial charge in [0.25, 0.3) is 0 Å². The second-order valence-corrected chi connectivity index (χ2v) is 4.82. The van der Waals surface area contributed by atoms with Crippen LogP contribution in [0.2, 0.25) is 0 Å². The number of nitriles is 1. The fraction of sp³-hybridized carbons (Fsp3) is 0.125. The molecule has 0 spiro atoms. The number of rotatable bonds is 3. The molecule has 0 aliphatic rings. The number of anilines is 2. The molecule has 0 unspecified atom stereocenters. The molecule has 0 saturated heterocycles. The average Bonchev–Trinajstić information content (AvgIpc) is 2.88. The highest BCUT2D eigenvalue weighted by molar-refractivity contribution is 5.76. The first-order chi connectivity index (χ1) is 10.2. The number of benzene rings is 2. The molecule has 0 aliphatic carbocycles. The van der Waals surface area contributed by atoms with E-state index in [9.17, 15) is 0 Å². The summed E-state index contributed by atoms with van der Waals surface area (Å²) in [4.78, 5) is 6.36. The smallest absolute Gasteiger partial charge is 0.215 e. The summed E-state index contributed by atoms with van der Waals surface area (Å²) in [7, 11) is 1.90. The number of aromatic nitrogens is 1. The predicted molar refractivity (Wildman–Crippen MR) is 81.7 cm³/mol. The molecule has 0 saturated carbocycles. The molecule has 21 heavy (non-hydrogen) atoms. The van der Waals surface area contributed by atoms with E-state index < -0.39 is 0 Å². The van der Waals surface area contributed by atoms with E-state index in [4.69, 9.17) is 15.4 Å². The van der Waals surface area contributed by atoms with Crippen molar-refractivity contribution < 1.29 is 4.42 Å². The molecule has 3 rings (SSSR count). The maximum atomic E-state index is 9.15. The fourth-order valence-electron chi connectivity index (χ4n) is 2.25. The Hall–Kier alpha value is -3.00. The van der Waals surface area contributed by atoms with Crippen molar-refractivity contribution in [2.75, 3.05) is 17.7 Å². The number of para-hydroxylation sites is 1. The van der Waals surface area contributed by atoms with Crippen LogP contribution in [0.1, 0.15) is 11.5 Å². The van der Waals surface area contributed by atoms with Crippen molar-refractivity contribution in [2.24, 2.45) is 0 Å². The molecule has 104 valence electrons. The molecule has 5 nitrogen and oxygen atoms in total. The van der Waals surface area contributed by atoms with Gasteiger partial charge in [0.15, 0.2) is 5.58 Å². The molecular formula is C16H14N4O. The number of hydrogen-bond donors (Lipinski definition) is 1. The maximum Gasteiger partial charge on any atom is 0.215 e. The molecule has 1 heterocycles. The highest BCUT2D eigenvalue weighted by Crippen LogP contribution is 2.22. The lowest BCUT2D eigenvalue weighted by molar-refractivity contribution is 0.527. The molecule has 1 aromatic heterocycles. The molecule has 2 N–H and O–H groups in total. The van der Waals surface area contributed by atoms with Gasteiger partial charge in [-0.2, -0.15) is 5.26 Å². The molecule has 0 atom stereocenters. The molecule has 0 fully saturated rings. The lowest BCUT2D eigenvalue weighted by Crippen LogP contribution is -2.17. The first-order valence-corrected chi connectivity index (χ1v) is 6.52. The number of nitrogens with zero attached hydrogens (tertiary/aromatic N) is 3. The summed E-state index contributed by atoms with van der Waals surface area (Å²) >= 11 is 0. The Labute approximate surface area is 122 Å². The van der Waals surface area contributed by atoms with Crippen LogP contribution in [0.4, 0.5) is 11.4 Å². The van der Waals surface area contributed by atoms with Gasteiger partial charge >= 0.3 is 0 Å². The van der Waals surface area contributed by atoms with Crippen molar-refractivity contribution >= 4 is 22.5 Å². The van der Waals surface area contributed by atoms with Crippen LogP contribution in [0.3, 0.4) is 0 Å². The summed E-state index contributed by atoms with van der Waals surface area (Å²) < 4.78 is 5.70. The van der Waals surface area contributed by atoms with Crippen LogP contribution in [-0.2, 0) is 6.54 Å². The minimum absolute atomic E-state index is 0.479. The number of nitrogen functional groups attached to an aromatic ring is 1. The zero-order valence-corrected chi connectivity index (χ0v) is 11.6. The Morgan fingerprint density at radius 3 is 2.90 bits per heavy atom. The second kappa shape index (κ2) is 5.17. The van der Waals surface area contributed by atoms with E-state index in [1.54, 1.807) is 18.2 Å². The molecule has 3 aromatic rings. The van der Waals surface area contributed by atoms with Gasteiger partial charge in [0.05, 0.1) is 17.8 Å². The third-order valence-corrected chi connectivity index (χ3v) is 3.26. The third-order valence-electron chi connectivity index (χ3n) is 3.26. The van der Waals surface area contributed by atoms with Crippen molar-refractivity contribution in [2.45, 2.75) is 6.54 Å². The lowest BCUT2D eigenvalue weighted by Gasteiger charge is -2.18. The number of hydrogen-bond acceptors (Lipinski definition) is 5. The SMILES string of the molecule is CN(Cc1nc2cc(N)ccc2o1)c1ccccc1C#N. The van der Waals surface area contributed by atoms with Gasteiger partial charge in [-0.15, -0.1) is 0 Å². The number of oxazole rings is 1. The quantitative estimate of drug-likeness (QED) is 0.745. The van der Waals surface area contributed by atoms with Gasteiger partial charge in [0.1, 0.15) is 11.6 Å². The summed E-state index contributed by atoms with van der Waals surface area (Å²) in [5.74, 6) is 0.589. The van der Waals surface area contributed by atoms with Gasteiger partial charge in [0.2, 0.25) is 5.89 Å². The molecule has 0 radical (unpaired) electrons. The predicted octanol–water partition coefficient (Wildman–Crippen LogP) is 2.92. The van der Waals surface area contributed by atoms with Gasteiger partial charge in [-0.1, -0.05) is 12.1 Å². The zero-order valence-electron chi connectivity index (χ0n) is 11.6. The Balaban J connectivity index is 1.89. The Morgan fingerprint density at radius 1 is 1.29 bits per heavy atom. The van der Waals surface area contributed by atoms with Crippen LogP contribution in [-0.4, -0.2) is 12.0 Å². The normalized spacial score (nSPS) is 10.5. The van der Waals surface area contributed by atoms with E-state index in [0.29, 0.717) is 29.3 Å². The van der Waals surface area contributed by atoms with E-state index in [2.05, 4.69) is 11.1 Å². The van der Waals surface area contributed by atoms with Gasteiger partial charge in [-0.25, -0.2) is 4.98 Å². The van der Waals surface area contributed by atoms with E-state index in [-0.39, 0.29) is 0 Å². The van der Waals surface area contributed by atoms with Gasteiger partial charge < -0.3 is 15.1 Å². The van der Waals surface area contributed by atoms with Crippen molar-refractivity contribution in [3.8, 4) is 6.07 Å². The minimum atomic E-state index is 0.479.